The lowest BCUT2D eigenvalue weighted by Crippen LogP contribution is -2.29. The highest BCUT2D eigenvalue weighted by molar-refractivity contribution is 5.95. The summed E-state index contributed by atoms with van der Waals surface area (Å²) in [4.78, 5) is 24.4. The van der Waals surface area contributed by atoms with Crippen LogP contribution < -0.4 is 10.6 Å². The number of aromatic nitrogens is 2. The highest BCUT2D eigenvalue weighted by atomic mass is 19.1. The Hall–Kier alpha value is -3.55. The number of benzene rings is 2. The molecule has 0 saturated carbocycles. The van der Waals surface area contributed by atoms with Gasteiger partial charge in [0.1, 0.15) is 17.5 Å². The largest absolute Gasteiger partial charge is 0.351 e. The zero-order valence-electron chi connectivity index (χ0n) is 16.8. The molecule has 2 amide bonds. The van der Waals surface area contributed by atoms with Crippen molar-refractivity contribution >= 4 is 17.6 Å². The second kappa shape index (κ2) is 9.07. The van der Waals surface area contributed by atoms with Gasteiger partial charge < -0.3 is 10.6 Å². The number of rotatable bonds is 6. The fraction of sp³-hybridized carbons (Fsp3) is 0.261. The summed E-state index contributed by atoms with van der Waals surface area (Å²) < 4.78 is 28.5. The van der Waals surface area contributed by atoms with Crippen molar-refractivity contribution in [2.24, 2.45) is 0 Å². The van der Waals surface area contributed by atoms with E-state index < -0.39 is 17.5 Å². The molecule has 160 valence electrons. The average Bonchev–Trinajstić information content (AvgIpc) is 3.21. The van der Waals surface area contributed by atoms with Crippen LogP contribution >= 0.6 is 0 Å². The van der Waals surface area contributed by atoms with Gasteiger partial charge in [0.25, 0.3) is 5.91 Å². The zero-order valence-corrected chi connectivity index (χ0v) is 16.8. The van der Waals surface area contributed by atoms with Crippen LogP contribution in [0, 0.1) is 11.6 Å². The highest BCUT2D eigenvalue weighted by Gasteiger charge is 2.24. The molecule has 1 aromatic heterocycles. The first-order chi connectivity index (χ1) is 15.0. The molecule has 4 rings (SSSR count). The van der Waals surface area contributed by atoms with Gasteiger partial charge >= 0.3 is 0 Å². The first kappa shape index (κ1) is 20.7. The fourth-order valence-electron chi connectivity index (χ4n) is 3.91. The van der Waals surface area contributed by atoms with Crippen LogP contribution in [0.15, 0.2) is 54.7 Å². The summed E-state index contributed by atoms with van der Waals surface area (Å²) in [5.74, 6) is -2.12. The van der Waals surface area contributed by atoms with Gasteiger partial charge in [-0.3, -0.25) is 9.59 Å². The zero-order chi connectivity index (χ0) is 21.8. The molecule has 6 nitrogen and oxygen atoms in total. The highest BCUT2D eigenvalue weighted by Crippen LogP contribution is 2.34. The lowest BCUT2D eigenvalue weighted by molar-refractivity contribution is -0.116. The van der Waals surface area contributed by atoms with E-state index in [2.05, 4.69) is 27.9 Å². The predicted molar refractivity (Wildman–Crippen MR) is 112 cm³/mol. The van der Waals surface area contributed by atoms with Gasteiger partial charge in [0, 0.05) is 25.1 Å². The summed E-state index contributed by atoms with van der Waals surface area (Å²) >= 11 is 0. The van der Waals surface area contributed by atoms with E-state index in [9.17, 15) is 18.4 Å². The molecule has 1 aliphatic rings. The predicted octanol–water partition coefficient (Wildman–Crippen LogP) is 3.85. The molecule has 0 spiro atoms. The molecule has 31 heavy (non-hydrogen) atoms. The van der Waals surface area contributed by atoms with Gasteiger partial charge in [-0.25, -0.2) is 13.5 Å². The van der Waals surface area contributed by atoms with Crippen molar-refractivity contribution in [1.29, 1.82) is 0 Å². The summed E-state index contributed by atoms with van der Waals surface area (Å²) in [6, 6.07) is 12.8. The molecular formula is C23H22F2N4O2. The summed E-state index contributed by atoms with van der Waals surface area (Å²) in [6.07, 6.45) is 4.65. The average molecular weight is 424 g/mol. The molecule has 2 aromatic carbocycles. The number of carbonyl (C=O) groups is 2. The second-order valence-corrected chi connectivity index (χ2v) is 7.45. The van der Waals surface area contributed by atoms with E-state index in [0.29, 0.717) is 11.9 Å². The Morgan fingerprint density at radius 2 is 1.97 bits per heavy atom. The van der Waals surface area contributed by atoms with E-state index in [0.717, 1.165) is 31.4 Å². The molecule has 1 atom stereocenters. The Kier molecular flexibility index (Phi) is 6.06. The number of nitrogens with zero attached hydrogens (tertiary/aromatic N) is 2. The van der Waals surface area contributed by atoms with Crippen molar-refractivity contribution in [3.8, 4) is 0 Å². The number of hydrogen-bond acceptors (Lipinski definition) is 3. The molecule has 1 heterocycles. The summed E-state index contributed by atoms with van der Waals surface area (Å²) in [7, 11) is 0. The first-order valence-electron chi connectivity index (χ1n) is 10.2. The maximum atomic E-state index is 13.7. The number of hydrogen-bond donors (Lipinski definition) is 2. The normalized spacial score (nSPS) is 15.2. The Labute approximate surface area is 178 Å². The van der Waals surface area contributed by atoms with E-state index in [1.54, 1.807) is 12.3 Å². The fourth-order valence-corrected chi connectivity index (χ4v) is 3.91. The van der Waals surface area contributed by atoms with Gasteiger partial charge in [-0.05, 0) is 42.5 Å². The second-order valence-electron chi connectivity index (χ2n) is 7.45. The van der Waals surface area contributed by atoms with Crippen LogP contribution in [0.4, 0.5) is 14.6 Å². The van der Waals surface area contributed by atoms with Gasteiger partial charge in [-0.2, -0.15) is 5.10 Å². The van der Waals surface area contributed by atoms with E-state index in [-0.39, 0.29) is 30.5 Å². The van der Waals surface area contributed by atoms with Gasteiger partial charge in [0.15, 0.2) is 0 Å². The molecule has 0 unspecified atom stereocenters. The SMILES string of the molecule is O=C(CCNC(=O)c1ccc(F)cc1F)Nc1ccnn1[C@H]1CCCc2ccccc21. The van der Waals surface area contributed by atoms with Crippen molar-refractivity contribution in [3.63, 3.8) is 0 Å². The smallest absolute Gasteiger partial charge is 0.254 e. The van der Waals surface area contributed by atoms with Gasteiger partial charge in [0.05, 0.1) is 17.8 Å². The molecule has 0 fully saturated rings. The molecule has 8 heteroatoms. The third-order valence-electron chi connectivity index (χ3n) is 5.38. The molecule has 0 saturated heterocycles. The molecule has 0 aliphatic heterocycles. The molecule has 1 aliphatic carbocycles. The number of aryl methyl sites for hydroxylation is 1. The number of nitrogens with one attached hydrogen (secondary N) is 2. The van der Waals surface area contributed by atoms with Crippen LogP contribution in [0.2, 0.25) is 0 Å². The Morgan fingerprint density at radius 3 is 2.81 bits per heavy atom. The van der Waals surface area contributed by atoms with Crippen LogP contribution in [0.25, 0.3) is 0 Å². The molecule has 2 N–H and O–H groups in total. The maximum absolute atomic E-state index is 13.7. The summed E-state index contributed by atoms with van der Waals surface area (Å²) in [6.45, 7) is 0.0158. The van der Waals surface area contributed by atoms with Crippen molar-refractivity contribution in [1.82, 2.24) is 15.1 Å². The van der Waals surface area contributed by atoms with Gasteiger partial charge in [0.2, 0.25) is 5.91 Å². The number of halogens is 2. The van der Waals surface area contributed by atoms with Crippen molar-refractivity contribution in [2.75, 3.05) is 11.9 Å². The monoisotopic (exact) mass is 424 g/mol. The molecule has 0 radical (unpaired) electrons. The lowest BCUT2D eigenvalue weighted by atomic mass is 9.88. The lowest BCUT2D eigenvalue weighted by Gasteiger charge is -2.27. The van der Waals surface area contributed by atoms with E-state index in [4.69, 9.17) is 0 Å². The Bertz CT molecular complexity index is 1110. The van der Waals surface area contributed by atoms with Gasteiger partial charge in [-0.1, -0.05) is 24.3 Å². The van der Waals surface area contributed by atoms with Crippen LogP contribution in [0.3, 0.4) is 0 Å². The van der Waals surface area contributed by atoms with Gasteiger partial charge in [-0.15, -0.1) is 0 Å². The minimum absolute atomic E-state index is 0.000980. The van der Waals surface area contributed by atoms with Crippen LogP contribution in [-0.4, -0.2) is 28.1 Å². The quantitative estimate of drug-likeness (QED) is 0.631. The Balaban J connectivity index is 1.35. The van der Waals surface area contributed by atoms with Crippen molar-refractivity contribution in [2.45, 2.75) is 31.7 Å². The topological polar surface area (TPSA) is 76.0 Å². The van der Waals surface area contributed by atoms with Crippen LogP contribution in [0.5, 0.6) is 0 Å². The Morgan fingerprint density at radius 1 is 1.13 bits per heavy atom. The maximum Gasteiger partial charge on any atom is 0.254 e. The molecule has 0 bridgehead atoms. The van der Waals surface area contributed by atoms with E-state index >= 15 is 0 Å². The van der Waals surface area contributed by atoms with E-state index in [1.165, 1.54) is 11.1 Å². The number of amides is 2. The standard InChI is InChI=1S/C23H22F2N4O2/c24-16-8-9-18(19(25)14-16)23(31)26-12-11-22(30)28-21-10-13-27-29(21)20-7-3-5-15-4-1-2-6-17(15)20/h1-2,4,6,8-10,13-14,20H,3,5,7,11-12H2,(H,26,31)(H,28,30)/t20-/m0/s1. The van der Waals surface area contributed by atoms with Crippen LogP contribution in [0.1, 0.15) is 46.8 Å². The van der Waals surface area contributed by atoms with Crippen molar-refractivity contribution < 1.29 is 18.4 Å². The first-order valence-corrected chi connectivity index (χ1v) is 10.2. The summed E-state index contributed by atoms with van der Waals surface area (Å²) in [5.41, 5.74) is 2.24. The number of fused-ring (bicyclic) bond motifs is 1. The third kappa shape index (κ3) is 4.63. The number of anilines is 1. The number of carbonyl (C=O) groups excluding carboxylic acids is 2. The molecular weight excluding hydrogens is 402 g/mol. The third-order valence-corrected chi connectivity index (χ3v) is 5.38. The van der Waals surface area contributed by atoms with E-state index in [1.807, 2.05) is 16.8 Å². The van der Waals surface area contributed by atoms with Crippen molar-refractivity contribution in [3.05, 3.63) is 83.1 Å². The molecule has 3 aromatic rings. The minimum atomic E-state index is -0.946. The van der Waals surface area contributed by atoms with Crippen LogP contribution in [-0.2, 0) is 11.2 Å². The minimum Gasteiger partial charge on any atom is -0.351 e. The summed E-state index contributed by atoms with van der Waals surface area (Å²) in [5, 5.41) is 9.73.